The third kappa shape index (κ3) is 2.39. The topological polar surface area (TPSA) is 43.4 Å². The van der Waals surface area contributed by atoms with Gasteiger partial charge in [0.2, 0.25) is 0 Å². The van der Waals surface area contributed by atoms with Gasteiger partial charge in [-0.3, -0.25) is 0 Å². The Hall–Kier alpha value is -0.550. The molecule has 3 nitrogen and oxygen atoms in total. The highest BCUT2D eigenvalue weighted by Crippen LogP contribution is 2.57. The van der Waals surface area contributed by atoms with Crippen LogP contribution in [0.1, 0.15) is 32.1 Å². The Labute approximate surface area is 128 Å². The summed E-state index contributed by atoms with van der Waals surface area (Å²) in [7, 11) is -3.18. The Kier molecular flexibility index (Phi) is 3.61. The summed E-state index contributed by atoms with van der Waals surface area (Å²) < 4.78 is 29.3. The SMILES string of the molecule is CS(=O)(=O)c1cccc(OC2CC(Br)C23CCCC3)c1. The summed E-state index contributed by atoms with van der Waals surface area (Å²) in [6.45, 7) is 0. The first-order chi connectivity index (χ1) is 9.42. The van der Waals surface area contributed by atoms with E-state index in [9.17, 15) is 8.42 Å². The fourth-order valence-electron chi connectivity index (χ4n) is 3.47. The number of alkyl halides is 1. The maximum absolute atomic E-state index is 11.6. The number of ether oxygens (including phenoxy) is 1. The fraction of sp³-hybridized carbons (Fsp3) is 0.600. The van der Waals surface area contributed by atoms with Crippen LogP contribution in [0.4, 0.5) is 0 Å². The molecule has 2 saturated carbocycles. The first-order valence-corrected chi connectivity index (χ1v) is 9.83. The van der Waals surface area contributed by atoms with Crippen LogP contribution in [-0.4, -0.2) is 25.6 Å². The molecule has 0 radical (unpaired) electrons. The number of hydrogen-bond donors (Lipinski definition) is 0. The zero-order chi connectivity index (χ0) is 14.4. The van der Waals surface area contributed by atoms with Gasteiger partial charge in [0.25, 0.3) is 0 Å². The van der Waals surface area contributed by atoms with E-state index in [1.165, 1.54) is 31.9 Å². The standard InChI is InChI=1S/C15H19BrO3S/c1-20(17,18)12-6-4-5-11(9-12)19-14-10-13(16)15(14)7-2-3-8-15/h4-6,9,13-14H,2-3,7-8,10H2,1H3. The van der Waals surface area contributed by atoms with Crippen molar-refractivity contribution < 1.29 is 13.2 Å². The van der Waals surface area contributed by atoms with Gasteiger partial charge in [0.15, 0.2) is 9.84 Å². The van der Waals surface area contributed by atoms with Gasteiger partial charge < -0.3 is 4.74 Å². The average molecular weight is 359 g/mol. The molecule has 2 aliphatic carbocycles. The molecule has 2 aliphatic rings. The van der Waals surface area contributed by atoms with E-state index in [0.29, 0.717) is 15.5 Å². The van der Waals surface area contributed by atoms with Crippen LogP contribution in [0, 0.1) is 5.41 Å². The van der Waals surface area contributed by atoms with Gasteiger partial charge in [-0.2, -0.15) is 0 Å². The van der Waals surface area contributed by atoms with Crippen molar-refractivity contribution in [2.45, 2.75) is 47.9 Å². The van der Waals surface area contributed by atoms with E-state index in [1.54, 1.807) is 18.2 Å². The highest BCUT2D eigenvalue weighted by Gasteiger charge is 2.56. The van der Waals surface area contributed by atoms with Crippen LogP contribution in [0.5, 0.6) is 5.75 Å². The summed E-state index contributed by atoms with van der Waals surface area (Å²) >= 11 is 3.77. The molecule has 0 aliphatic heterocycles. The van der Waals surface area contributed by atoms with Crippen LogP contribution < -0.4 is 4.74 Å². The minimum atomic E-state index is -3.18. The lowest BCUT2D eigenvalue weighted by Crippen LogP contribution is -2.55. The van der Waals surface area contributed by atoms with Gasteiger partial charge in [-0.15, -0.1) is 0 Å². The minimum absolute atomic E-state index is 0.212. The second kappa shape index (κ2) is 5.02. The van der Waals surface area contributed by atoms with E-state index in [2.05, 4.69) is 15.9 Å². The first kappa shape index (κ1) is 14.4. The maximum Gasteiger partial charge on any atom is 0.175 e. The Balaban J connectivity index is 1.79. The zero-order valence-corrected chi connectivity index (χ0v) is 13.9. The lowest BCUT2D eigenvalue weighted by atomic mass is 9.64. The van der Waals surface area contributed by atoms with Gasteiger partial charge in [-0.1, -0.05) is 34.8 Å². The van der Waals surface area contributed by atoms with Crippen molar-refractivity contribution in [2.24, 2.45) is 5.41 Å². The van der Waals surface area contributed by atoms with E-state index in [-0.39, 0.29) is 11.5 Å². The van der Waals surface area contributed by atoms with Crippen molar-refractivity contribution in [3.05, 3.63) is 24.3 Å². The molecule has 1 spiro atoms. The van der Waals surface area contributed by atoms with E-state index in [4.69, 9.17) is 4.74 Å². The van der Waals surface area contributed by atoms with E-state index >= 15 is 0 Å². The molecule has 1 aromatic rings. The Morgan fingerprint density at radius 1 is 1.30 bits per heavy atom. The molecular formula is C15H19BrO3S. The van der Waals surface area contributed by atoms with E-state index in [1.807, 2.05) is 6.07 Å². The van der Waals surface area contributed by atoms with Crippen LogP contribution >= 0.6 is 15.9 Å². The van der Waals surface area contributed by atoms with Crippen molar-refractivity contribution in [2.75, 3.05) is 6.26 Å². The summed E-state index contributed by atoms with van der Waals surface area (Å²) in [4.78, 5) is 0.866. The highest BCUT2D eigenvalue weighted by atomic mass is 79.9. The molecule has 0 aromatic heterocycles. The second-order valence-corrected chi connectivity index (χ2v) is 9.12. The normalized spacial score (nSPS) is 28.3. The van der Waals surface area contributed by atoms with Crippen molar-refractivity contribution >= 4 is 25.8 Å². The zero-order valence-electron chi connectivity index (χ0n) is 11.5. The molecule has 1 aromatic carbocycles. The van der Waals surface area contributed by atoms with Crippen molar-refractivity contribution in [1.82, 2.24) is 0 Å². The summed E-state index contributed by atoms with van der Waals surface area (Å²) in [6, 6.07) is 6.84. The van der Waals surface area contributed by atoms with Crippen molar-refractivity contribution in [3.63, 3.8) is 0 Å². The van der Waals surface area contributed by atoms with Crippen LogP contribution in [0.25, 0.3) is 0 Å². The minimum Gasteiger partial charge on any atom is -0.490 e. The lowest BCUT2D eigenvalue weighted by Gasteiger charge is -2.51. The largest absolute Gasteiger partial charge is 0.490 e. The predicted octanol–water partition coefficient (Wildman–Crippen LogP) is 3.57. The molecule has 0 saturated heterocycles. The van der Waals surface area contributed by atoms with Gasteiger partial charge in [0.1, 0.15) is 11.9 Å². The summed E-state index contributed by atoms with van der Waals surface area (Å²) in [5, 5.41) is 0. The van der Waals surface area contributed by atoms with Gasteiger partial charge in [-0.25, -0.2) is 8.42 Å². The van der Waals surface area contributed by atoms with E-state index < -0.39 is 9.84 Å². The Bertz CT molecular complexity index is 605. The van der Waals surface area contributed by atoms with E-state index in [0.717, 1.165) is 6.42 Å². The highest BCUT2D eigenvalue weighted by molar-refractivity contribution is 9.09. The third-order valence-electron chi connectivity index (χ3n) is 4.73. The summed E-state index contributed by atoms with van der Waals surface area (Å²) in [5.41, 5.74) is 0.265. The quantitative estimate of drug-likeness (QED) is 0.775. The van der Waals surface area contributed by atoms with Gasteiger partial charge >= 0.3 is 0 Å². The van der Waals surface area contributed by atoms with Crippen molar-refractivity contribution in [1.29, 1.82) is 0 Å². The van der Waals surface area contributed by atoms with Crippen LogP contribution in [0.2, 0.25) is 0 Å². The number of benzene rings is 1. The summed E-state index contributed by atoms with van der Waals surface area (Å²) in [6.07, 6.45) is 7.39. The van der Waals surface area contributed by atoms with Crippen LogP contribution in [0.15, 0.2) is 29.2 Å². The Morgan fingerprint density at radius 2 is 2.00 bits per heavy atom. The third-order valence-corrected chi connectivity index (χ3v) is 7.13. The van der Waals surface area contributed by atoms with Gasteiger partial charge in [-0.05, 0) is 37.5 Å². The molecular weight excluding hydrogens is 340 g/mol. The lowest BCUT2D eigenvalue weighted by molar-refractivity contribution is -0.0305. The van der Waals surface area contributed by atoms with Gasteiger partial charge in [0, 0.05) is 16.5 Å². The molecule has 5 heteroatoms. The molecule has 0 heterocycles. The average Bonchev–Trinajstić information content (AvgIpc) is 2.90. The number of hydrogen-bond acceptors (Lipinski definition) is 3. The number of sulfone groups is 1. The smallest absolute Gasteiger partial charge is 0.175 e. The molecule has 2 unspecified atom stereocenters. The summed E-state index contributed by atoms with van der Waals surface area (Å²) in [5.74, 6) is 0.670. The molecule has 0 N–H and O–H groups in total. The molecule has 2 atom stereocenters. The monoisotopic (exact) mass is 358 g/mol. The van der Waals surface area contributed by atoms with Crippen molar-refractivity contribution in [3.8, 4) is 5.75 Å². The molecule has 110 valence electrons. The molecule has 0 amide bonds. The van der Waals surface area contributed by atoms with Crippen LogP contribution in [-0.2, 0) is 9.84 Å². The van der Waals surface area contributed by atoms with Crippen LogP contribution in [0.3, 0.4) is 0 Å². The molecule has 0 bridgehead atoms. The Morgan fingerprint density at radius 3 is 2.60 bits per heavy atom. The first-order valence-electron chi connectivity index (χ1n) is 7.03. The predicted molar refractivity (Wildman–Crippen MR) is 82.2 cm³/mol. The second-order valence-electron chi connectivity index (χ2n) is 6.00. The molecule has 2 fully saturated rings. The van der Waals surface area contributed by atoms with Gasteiger partial charge in [0.05, 0.1) is 4.90 Å². The number of halogens is 1. The molecule has 20 heavy (non-hydrogen) atoms. The maximum atomic E-state index is 11.6. The fourth-order valence-corrected chi connectivity index (χ4v) is 5.22. The molecule has 3 rings (SSSR count). The number of rotatable bonds is 3.